The molecular weight excluding hydrogens is 428 g/mol. The van der Waals surface area contributed by atoms with E-state index in [1.807, 2.05) is 12.1 Å². The topological polar surface area (TPSA) is 62.2 Å². The predicted octanol–water partition coefficient (Wildman–Crippen LogP) is 2.58. The van der Waals surface area contributed by atoms with Crippen LogP contribution in [0.3, 0.4) is 0 Å². The average molecular weight is 464 g/mol. The summed E-state index contributed by atoms with van der Waals surface area (Å²) in [6.07, 6.45) is 0. The smallest absolute Gasteiger partial charge is 0.103 e. The zero-order valence-electron chi connectivity index (χ0n) is 18.7. The highest BCUT2D eigenvalue weighted by atomic mass is 35.5. The quantitative estimate of drug-likeness (QED) is 0.353. The van der Waals surface area contributed by atoms with Gasteiger partial charge in [0.2, 0.25) is 0 Å². The summed E-state index contributed by atoms with van der Waals surface area (Å²) >= 11 is 6.16. The average Bonchev–Trinajstić information content (AvgIpc) is 2.83. The summed E-state index contributed by atoms with van der Waals surface area (Å²) in [5, 5.41) is 18.8. The molecule has 0 spiro atoms. The Morgan fingerprint density at radius 3 is 1.84 bits per heavy atom. The van der Waals surface area contributed by atoms with Crippen LogP contribution in [0, 0.1) is 0 Å². The maximum Gasteiger partial charge on any atom is 0.103 e. The van der Waals surface area contributed by atoms with E-state index >= 15 is 0 Å². The second-order valence-electron chi connectivity index (χ2n) is 8.31. The van der Waals surface area contributed by atoms with Gasteiger partial charge in [-0.1, -0.05) is 54.1 Å². The highest BCUT2D eigenvalue weighted by Gasteiger charge is 2.36. The van der Waals surface area contributed by atoms with Gasteiger partial charge >= 0.3 is 0 Å². The molecule has 0 amide bonds. The molecule has 1 aliphatic rings. The molecule has 0 aromatic heterocycles. The van der Waals surface area contributed by atoms with Crippen LogP contribution in [-0.2, 0) is 9.47 Å². The van der Waals surface area contributed by atoms with Crippen molar-refractivity contribution >= 4 is 11.6 Å². The molecule has 0 saturated carbocycles. The Morgan fingerprint density at radius 1 is 0.781 bits per heavy atom. The number of hydrogen-bond donors (Lipinski definition) is 2. The maximum absolute atomic E-state index is 9.01. The molecule has 0 radical (unpaired) electrons. The first-order valence-corrected chi connectivity index (χ1v) is 11.8. The summed E-state index contributed by atoms with van der Waals surface area (Å²) in [5.74, 6) is 0. The van der Waals surface area contributed by atoms with E-state index < -0.39 is 0 Å². The fraction of sp³-hybridized carbons (Fsp3) is 0.520. The van der Waals surface area contributed by atoms with E-state index in [2.05, 4.69) is 47.4 Å². The summed E-state index contributed by atoms with van der Waals surface area (Å²) in [4.78, 5) is 2.55. The Labute approximate surface area is 196 Å². The summed E-state index contributed by atoms with van der Waals surface area (Å²) in [7, 11) is 0. The van der Waals surface area contributed by atoms with Gasteiger partial charge in [0.05, 0.1) is 58.8 Å². The van der Waals surface area contributed by atoms with Gasteiger partial charge in [-0.25, -0.2) is 0 Å². The Morgan fingerprint density at radius 2 is 1.31 bits per heavy atom. The van der Waals surface area contributed by atoms with Gasteiger partial charge in [-0.05, 0) is 23.3 Å². The largest absolute Gasteiger partial charge is 0.394 e. The Balaban J connectivity index is 1.71. The first-order valence-electron chi connectivity index (χ1n) is 11.4. The molecule has 0 bridgehead atoms. The van der Waals surface area contributed by atoms with Gasteiger partial charge in [0.1, 0.15) is 13.1 Å². The third kappa shape index (κ3) is 7.25. The summed E-state index contributed by atoms with van der Waals surface area (Å²) in [6.45, 7) is 7.81. The minimum atomic E-state index is 0.0488. The monoisotopic (exact) mass is 463 g/mol. The Kier molecular flexibility index (Phi) is 10.4. The van der Waals surface area contributed by atoms with E-state index in [1.165, 1.54) is 11.1 Å². The van der Waals surface area contributed by atoms with Crippen LogP contribution in [0.2, 0.25) is 5.02 Å². The summed E-state index contributed by atoms with van der Waals surface area (Å²) in [6, 6.07) is 19.0. The van der Waals surface area contributed by atoms with E-state index in [0.29, 0.717) is 26.4 Å². The zero-order chi connectivity index (χ0) is 22.7. The van der Waals surface area contributed by atoms with Crippen LogP contribution in [0.5, 0.6) is 0 Å². The van der Waals surface area contributed by atoms with Crippen LogP contribution in [-0.4, -0.2) is 98.5 Å². The first-order chi connectivity index (χ1) is 15.7. The lowest BCUT2D eigenvalue weighted by Crippen LogP contribution is -2.62. The Bertz CT molecular complexity index is 753. The number of quaternary nitrogens is 1. The molecule has 1 heterocycles. The van der Waals surface area contributed by atoms with E-state index in [4.69, 9.17) is 31.3 Å². The number of hydrogen-bond acceptors (Lipinski definition) is 5. The van der Waals surface area contributed by atoms with Gasteiger partial charge in [-0.15, -0.1) is 0 Å². The van der Waals surface area contributed by atoms with Crippen LogP contribution >= 0.6 is 11.6 Å². The SMILES string of the molecule is OCCOCC[N+]1(CCOCCO)CCN(C(c2ccccc2)c2ccc(Cl)cc2)CC1. The molecule has 2 N–H and O–H groups in total. The van der Waals surface area contributed by atoms with Crippen molar-refractivity contribution in [2.45, 2.75) is 6.04 Å². The third-order valence-corrected chi connectivity index (χ3v) is 6.53. The zero-order valence-corrected chi connectivity index (χ0v) is 19.5. The molecule has 32 heavy (non-hydrogen) atoms. The minimum absolute atomic E-state index is 0.0488. The van der Waals surface area contributed by atoms with Crippen LogP contribution < -0.4 is 0 Å². The number of halogens is 1. The lowest BCUT2D eigenvalue weighted by atomic mass is 9.96. The van der Waals surface area contributed by atoms with Gasteiger partial charge in [0, 0.05) is 18.1 Å². The molecule has 2 aromatic carbocycles. The van der Waals surface area contributed by atoms with Crippen LogP contribution in [0.25, 0.3) is 0 Å². The van der Waals surface area contributed by atoms with Crippen molar-refractivity contribution in [3.63, 3.8) is 0 Å². The highest BCUT2D eigenvalue weighted by Crippen LogP contribution is 2.31. The number of aliphatic hydroxyl groups is 2. The third-order valence-electron chi connectivity index (χ3n) is 6.28. The van der Waals surface area contributed by atoms with Crippen LogP contribution in [0.1, 0.15) is 17.2 Å². The van der Waals surface area contributed by atoms with Gasteiger partial charge < -0.3 is 24.2 Å². The standard InChI is InChI=1S/C25H36ClN2O4/c26-24-8-6-23(7-9-24)25(22-4-2-1-3-5-22)27-10-12-28(13-11-27,14-18-31-20-16-29)15-19-32-21-17-30/h1-9,25,29-30H,10-21H2/q+1. The number of piperazine rings is 1. The number of aliphatic hydroxyl groups excluding tert-OH is 2. The van der Waals surface area contributed by atoms with Gasteiger partial charge in [0.25, 0.3) is 0 Å². The van der Waals surface area contributed by atoms with E-state index in [-0.39, 0.29) is 19.3 Å². The molecule has 2 aromatic rings. The van der Waals surface area contributed by atoms with Gasteiger partial charge in [0.15, 0.2) is 0 Å². The fourth-order valence-electron chi connectivity index (χ4n) is 4.47. The van der Waals surface area contributed by atoms with Crippen LogP contribution in [0.15, 0.2) is 54.6 Å². The molecule has 3 rings (SSSR count). The molecule has 7 heteroatoms. The minimum Gasteiger partial charge on any atom is -0.394 e. The molecule has 6 nitrogen and oxygen atoms in total. The fourth-order valence-corrected chi connectivity index (χ4v) is 4.59. The van der Waals surface area contributed by atoms with Crippen molar-refractivity contribution in [2.24, 2.45) is 0 Å². The van der Waals surface area contributed by atoms with Crippen molar-refractivity contribution in [1.82, 2.24) is 4.90 Å². The molecule has 1 fully saturated rings. The van der Waals surface area contributed by atoms with Gasteiger partial charge in [-0.3, -0.25) is 4.90 Å². The first kappa shape index (κ1) is 25.1. The molecule has 1 saturated heterocycles. The van der Waals surface area contributed by atoms with Crippen molar-refractivity contribution in [2.75, 3.05) is 78.9 Å². The van der Waals surface area contributed by atoms with Crippen molar-refractivity contribution in [1.29, 1.82) is 0 Å². The van der Waals surface area contributed by atoms with Crippen molar-refractivity contribution in [3.8, 4) is 0 Å². The van der Waals surface area contributed by atoms with Crippen LogP contribution in [0.4, 0.5) is 0 Å². The number of ether oxygens (including phenoxy) is 2. The number of rotatable bonds is 13. The molecule has 0 aliphatic carbocycles. The van der Waals surface area contributed by atoms with Gasteiger partial charge in [-0.2, -0.15) is 0 Å². The van der Waals surface area contributed by atoms with Crippen molar-refractivity contribution < 1.29 is 24.2 Å². The van der Waals surface area contributed by atoms with E-state index in [1.54, 1.807) is 0 Å². The Hall–Kier alpha value is -1.51. The lowest BCUT2D eigenvalue weighted by Gasteiger charge is -2.47. The highest BCUT2D eigenvalue weighted by molar-refractivity contribution is 6.30. The molecule has 176 valence electrons. The predicted molar refractivity (Wildman–Crippen MR) is 127 cm³/mol. The number of nitrogens with zero attached hydrogens (tertiary/aromatic N) is 2. The van der Waals surface area contributed by atoms with E-state index in [0.717, 1.165) is 48.8 Å². The lowest BCUT2D eigenvalue weighted by molar-refractivity contribution is -0.932. The molecular formula is C25H36ClN2O4+. The summed E-state index contributed by atoms with van der Waals surface area (Å²) in [5.41, 5.74) is 2.53. The second kappa shape index (κ2) is 13.3. The van der Waals surface area contributed by atoms with Crippen molar-refractivity contribution in [3.05, 3.63) is 70.7 Å². The molecule has 1 unspecified atom stereocenters. The molecule has 1 aliphatic heterocycles. The number of benzene rings is 2. The van der Waals surface area contributed by atoms with E-state index in [9.17, 15) is 0 Å². The maximum atomic E-state index is 9.01. The second-order valence-corrected chi connectivity index (χ2v) is 8.75. The molecule has 1 atom stereocenters. The summed E-state index contributed by atoms with van der Waals surface area (Å²) < 4.78 is 12.1. The normalized spacial score (nSPS) is 17.3.